The lowest BCUT2D eigenvalue weighted by molar-refractivity contribution is 0.497. The van der Waals surface area contributed by atoms with Gasteiger partial charge in [0.2, 0.25) is 0 Å². The largest absolute Gasteiger partial charge is 0.399 e. The van der Waals surface area contributed by atoms with E-state index in [1.807, 2.05) is 0 Å². The fraction of sp³-hybridized carbons (Fsp3) is 0. The predicted molar refractivity (Wildman–Crippen MR) is 41.8 cm³/mol. The summed E-state index contributed by atoms with van der Waals surface area (Å²) >= 11 is 0. The minimum absolute atomic E-state index is 0.518. The molecule has 0 spiro atoms. The van der Waals surface area contributed by atoms with E-state index in [1.54, 1.807) is 24.3 Å². The van der Waals surface area contributed by atoms with Crippen LogP contribution in [0.3, 0.4) is 0 Å². The van der Waals surface area contributed by atoms with Gasteiger partial charge in [-0.05, 0) is 24.3 Å². The van der Waals surface area contributed by atoms with Gasteiger partial charge in [0.05, 0.1) is 0 Å². The lowest BCUT2D eigenvalue weighted by Crippen LogP contribution is -1.98. The average molecular weight is 157 g/mol. The zero-order valence-corrected chi connectivity index (χ0v) is 6.12. The van der Waals surface area contributed by atoms with Gasteiger partial charge in [-0.25, -0.2) is 0 Å². The molecule has 1 aromatic carbocycles. The molecule has 0 fully saturated rings. The zero-order valence-electron chi connectivity index (χ0n) is 5.23. The molecule has 0 aliphatic heterocycles. The Bertz CT molecular complexity index is 209. The second-order valence-electron chi connectivity index (χ2n) is 1.88. The molecule has 0 radical (unpaired) electrons. The molecular weight excluding hydrogens is 149 g/mol. The normalized spacial score (nSPS) is 10.3. The van der Waals surface area contributed by atoms with Gasteiger partial charge in [-0.2, -0.15) is 0 Å². The molecule has 3 nitrogen and oxygen atoms in total. The Kier molecular flexibility index (Phi) is 2.22. The Morgan fingerprint density at radius 2 is 1.60 bits per heavy atom. The molecule has 0 amide bonds. The monoisotopic (exact) mass is 157 g/mol. The molecule has 0 bridgehead atoms. The molecule has 10 heavy (non-hydrogen) atoms. The summed E-state index contributed by atoms with van der Waals surface area (Å²) in [4.78, 5) is 17.4. The van der Waals surface area contributed by atoms with Crippen molar-refractivity contribution in [1.82, 2.24) is 0 Å². The van der Waals surface area contributed by atoms with Crippen LogP contribution in [0.15, 0.2) is 24.3 Å². The highest BCUT2D eigenvalue weighted by atomic mass is 31.2. The first-order valence-corrected chi connectivity index (χ1v) is 3.98. The van der Waals surface area contributed by atoms with Crippen molar-refractivity contribution in [3.8, 4) is 0 Å². The van der Waals surface area contributed by atoms with E-state index in [0.29, 0.717) is 11.0 Å². The summed E-state index contributed by atoms with van der Waals surface area (Å²) < 4.78 is 0. The summed E-state index contributed by atoms with van der Waals surface area (Å²) in [5, 5.41) is 0.518. The highest BCUT2D eigenvalue weighted by Crippen LogP contribution is 2.21. The van der Waals surface area contributed by atoms with E-state index in [9.17, 15) is 0 Å². The second kappa shape index (κ2) is 2.97. The van der Waals surface area contributed by atoms with E-state index in [1.165, 1.54) is 0 Å². The van der Waals surface area contributed by atoms with E-state index in [-0.39, 0.29) is 0 Å². The maximum absolute atomic E-state index is 8.69. The van der Waals surface area contributed by atoms with E-state index < -0.39 is 8.38 Å². The molecule has 54 valence electrons. The van der Waals surface area contributed by atoms with E-state index in [2.05, 4.69) is 0 Å². The molecule has 1 aromatic rings. The first kappa shape index (κ1) is 7.48. The fourth-order valence-electron chi connectivity index (χ4n) is 0.608. The summed E-state index contributed by atoms with van der Waals surface area (Å²) in [6.07, 6.45) is 0. The lowest BCUT2D eigenvalue weighted by atomic mass is 10.3. The smallest absolute Gasteiger partial charge is 0.199 e. The van der Waals surface area contributed by atoms with Crippen LogP contribution < -0.4 is 11.0 Å². The number of nitrogens with two attached hydrogens (primary N) is 1. The summed E-state index contributed by atoms with van der Waals surface area (Å²) in [5.41, 5.74) is 6.00. The van der Waals surface area contributed by atoms with Gasteiger partial charge in [0.1, 0.15) is 0 Å². The molecule has 0 atom stereocenters. The third-order valence-electron chi connectivity index (χ3n) is 1.12. The van der Waals surface area contributed by atoms with Gasteiger partial charge in [0, 0.05) is 11.0 Å². The Morgan fingerprint density at radius 1 is 1.10 bits per heavy atom. The van der Waals surface area contributed by atoms with E-state index in [4.69, 9.17) is 15.5 Å². The van der Waals surface area contributed by atoms with Crippen molar-refractivity contribution in [2.24, 2.45) is 0 Å². The highest BCUT2D eigenvalue weighted by Gasteiger charge is 2.00. The summed E-state index contributed by atoms with van der Waals surface area (Å²) in [6.45, 7) is 0. The third kappa shape index (κ3) is 1.67. The van der Waals surface area contributed by atoms with Crippen LogP contribution in [0.25, 0.3) is 0 Å². The number of hydrogen-bond acceptors (Lipinski definition) is 3. The summed E-state index contributed by atoms with van der Waals surface area (Å²) in [7, 11) is -1.96. The maximum atomic E-state index is 8.69. The van der Waals surface area contributed by atoms with Crippen LogP contribution in [0.2, 0.25) is 0 Å². The summed E-state index contributed by atoms with van der Waals surface area (Å²) in [5.74, 6) is 0. The fourth-order valence-corrected chi connectivity index (χ4v) is 1.02. The lowest BCUT2D eigenvalue weighted by Gasteiger charge is -2.00. The molecule has 0 saturated carbocycles. The summed E-state index contributed by atoms with van der Waals surface area (Å²) in [6, 6.07) is 6.47. The Labute approximate surface area is 60.0 Å². The first-order valence-electron chi connectivity index (χ1n) is 2.73. The van der Waals surface area contributed by atoms with Crippen molar-refractivity contribution in [2.45, 2.75) is 0 Å². The molecule has 0 heterocycles. The van der Waals surface area contributed by atoms with Crippen molar-refractivity contribution in [3.05, 3.63) is 24.3 Å². The van der Waals surface area contributed by atoms with Crippen molar-refractivity contribution in [2.75, 3.05) is 5.73 Å². The van der Waals surface area contributed by atoms with Gasteiger partial charge in [-0.3, -0.25) is 0 Å². The minimum Gasteiger partial charge on any atom is -0.399 e. The average Bonchev–Trinajstić information content (AvgIpc) is 1.88. The van der Waals surface area contributed by atoms with Crippen LogP contribution in [-0.2, 0) is 0 Å². The van der Waals surface area contributed by atoms with Crippen LogP contribution in [0.4, 0.5) is 5.69 Å². The minimum atomic E-state index is -1.96. The van der Waals surface area contributed by atoms with E-state index in [0.717, 1.165) is 0 Å². The molecule has 4 heteroatoms. The standard InChI is InChI=1S/C6H8NO2P/c7-5-1-3-6(4-2-5)10(8)9/h1-4,8-9H,7H2. The van der Waals surface area contributed by atoms with Crippen LogP contribution in [0, 0.1) is 0 Å². The van der Waals surface area contributed by atoms with Gasteiger partial charge in [-0.15, -0.1) is 0 Å². The highest BCUT2D eigenvalue weighted by molar-refractivity contribution is 7.54. The molecule has 1 rings (SSSR count). The SMILES string of the molecule is Nc1ccc(P(O)O)cc1. The Morgan fingerprint density at radius 3 is 2.00 bits per heavy atom. The van der Waals surface area contributed by atoms with E-state index >= 15 is 0 Å². The van der Waals surface area contributed by atoms with Crippen molar-refractivity contribution in [3.63, 3.8) is 0 Å². The number of benzene rings is 1. The second-order valence-corrected chi connectivity index (χ2v) is 2.98. The third-order valence-corrected chi connectivity index (χ3v) is 1.88. The topological polar surface area (TPSA) is 66.5 Å². The van der Waals surface area contributed by atoms with Crippen LogP contribution in [-0.4, -0.2) is 9.79 Å². The Balaban J connectivity index is 2.89. The van der Waals surface area contributed by atoms with Gasteiger partial charge >= 0.3 is 0 Å². The van der Waals surface area contributed by atoms with Crippen molar-refractivity contribution >= 4 is 19.4 Å². The van der Waals surface area contributed by atoms with Crippen LogP contribution >= 0.6 is 8.38 Å². The van der Waals surface area contributed by atoms with Gasteiger partial charge < -0.3 is 15.5 Å². The molecular formula is C6H8NO2P. The molecule has 0 saturated heterocycles. The molecule has 4 N–H and O–H groups in total. The van der Waals surface area contributed by atoms with Crippen LogP contribution in [0.5, 0.6) is 0 Å². The first-order chi connectivity index (χ1) is 4.70. The quantitative estimate of drug-likeness (QED) is 0.402. The molecule has 0 aliphatic carbocycles. The van der Waals surface area contributed by atoms with Gasteiger partial charge in [-0.1, -0.05) is 0 Å². The maximum Gasteiger partial charge on any atom is 0.199 e. The zero-order chi connectivity index (χ0) is 7.56. The molecule has 0 aliphatic rings. The predicted octanol–water partition coefficient (Wildman–Crippen LogP) is 0.191. The van der Waals surface area contributed by atoms with Gasteiger partial charge in [0.15, 0.2) is 8.38 Å². The number of hydrogen-bond donors (Lipinski definition) is 3. The van der Waals surface area contributed by atoms with Crippen LogP contribution in [0.1, 0.15) is 0 Å². The molecule has 0 unspecified atom stereocenters. The number of rotatable bonds is 1. The van der Waals surface area contributed by atoms with Gasteiger partial charge in [0.25, 0.3) is 0 Å². The van der Waals surface area contributed by atoms with Crippen molar-refractivity contribution in [1.29, 1.82) is 0 Å². The number of nitrogen functional groups attached to an aromatic ring is 1. The number of anilines is 1. The molecule has 0 aromatic heterocycles. The Hall–Kier alpha value is -0.630. The van der Waals surface area contributed by atoms with Crippen molar-refractivity contribution < 1.29 is 9.79 Å².